The van der Waals surface area contributed by atoms with Gasteiger partial charge in [0.1, 0.15) is 6.26 Å². The minimum Gasteiger partial charge on any atom is -0.432 e. The van der Waals surface area contributed by atoms with E-state index in [1.54, 1.807) is 20.5 Å². The third-order valence-corrected chi connectivity index (χ3v) is 2.51. The van der Waals surface area contributed by atoms with Crippen LogP contribution in [-0.4, -0.2) is 52.6 Å². The molecule has 0 aliphatic rings. The Morgan fingerprint density at radius 2 is 2.06 bits per heavy atom. The van der Waals surface area contributed by atoms with E-state index >= 15 is 0 Å². The van der Waals surface area contributed by atoms with Crippen LogP contribution in [0.1, 0.15) is 12.1 Å². The summed E-state index contributed by atoms with van der Waals surface area (Å²) in [5.41, 5.74) is 0.904. The van der Waals surface area contributed by atoms with Gasteiger partial charge in [-0.3, -0.25) is 0 Å². The Morgan fingerprint density at radius 1 is 1.28 bits per heavy atom. The van der Waals surface area contributed by atoms with E-state index in [9.17, 15) is 0 Å². The molecule has 1 heterocycles. The number of anilines is 1. The zero-order valence-electron chi connectivity index (χ0n) is 11.4. The van der Waals surface area contributed by atoms with Crippen molar-refractivity contribution in [1.29, 1.82) is 0 Å². The Morgan fingerprint density at radius 3 is 2.72 bits per heavy atom. The van der Waals surface area contributed by atoms with Crippen LogP contribution in [0, 0.1) is 0 Å². The van der Waals surface area contributed by atoms with Crippen LogP contribution in [0.15, 0.2) is 10.7 Å². The van der Waals surface area contributed by atoms with Crippen molar-refractivity contribution < 1.29 is 13.9 Å². The summed E-state index contributed by atoms with van der Waals surface area (Å²) in [6.07, 6.45) is 2.62. The standard InChI is InChI=1S/C12H23N3O3/c1-13-9-11-10-18-12(14-11)15(6-8-17-3)5-4-7-16-2/h10,13H,4-9H2,1-3H3. The molecule has 0 amide bonds. The van der Waals surface area contributed by atoms with Crippen molar-refractivity contribution >= 4 is 6.01 Å². The molecule has 0 saturated heterocycles. The summed E-state index contributed by atoms with van der Waals surface area (Å²) in [5.74, 6) is 0. The second kappa shape index (κ2) is 8.91. The minimum absolute atomic E-state index is 0.647. The average Bonchev–Trinajstić information content (AvgIpc) is 2.82. The van der Waals surface area contributed by atoms with Crippen molar-refractivity contribution in [2.75, 3.05) is 52.5 Å². The normalized spacial score (nSPS) is 10.8. The first-order valence-electron chi connectivity index (χ1n) is 6.13. The predicted octanol–water partition coefficient (Wildman–Crippen LogP) is 0.883. The van der Waals surface area contributed by atoms with Gasteiger partial charge in [-0.05, 0) is 13.5 Å². The van der Waals surface area contributed by atoms with Gasteiger partial charge in [-0.25, -0.2) is 0 Å². The van der Waals surface area contributed by atoms with Crippen LogP contribution in [0.25, 0.3) is 0 Å². The first-order chi connectivity index (χ1) is 8.81. The van der Waals surface area contributed by atoms with Gasteiger partial charge in [0.15, 0.2) is 0 Å². The molecule has 0 unspecified atom stereocenters. The van der Waals surface area contributed by atoms with E-state index in [1.165, 1.54) is 0 Å². The van der Waals surface area contributed by atoms with Crippen LogP contribution in [-0.2, 0) is 16.0 Å². The number of oxazole rings is 1. The number of nitrogens with one attached hydrogen (secondary N) is 1. The van der Waals surface area contributed by atoms with E-state index < -0.39 is 0 Å². The second-order valence-electron chi connectivity index (χ2n) is 3.98. The number of hydrogen-bond acceptors (Lipinski definition) is 6. The second-order valence-corrected chi connectivity index (χ2v) is 3.98. The first kappa shape index (κ1) is 14.9. The number of nitrogens with zero attached hydrogens (tertiary/aromatic N) is 2. The van der Waals surface area contributed by atoms with E-state index in [2.05, 4.69) is 15.2 Å². The Kier molecular flexibility index (Phi) is 7.40. The van der Waals surface area contributed by atoms with E-state index in [4.69, 9.17) is 13.9 Å². The van der Waals surface area contributed by atoms with Crippen molar-refractivity contribution in [2.24, 2.45) is 0 Å². The Labute approximate surface area is 108 Å². The minimum atomic E-state index is 0.647. The molecule has 0 fully saturated rings. The first-order valence-corrected chi connectivity index (χ1v) is 6.13. The van der Waals surface area contributed by atoms with Gasteiger partial charge in [-0.1, -0.05) is 0 Å². The SMILES string of the molecule is CNCc1coc(N(CCCOC)CCOC)n1. The largest absolute Gasteiger partial charge is 0.432 e. The van der Waals surface area contributed by atoms with Crippen LogP contribution in [0.5, 0.6) is 0 Å². The highest BCUT2D eigenvalue weighted by atomic mass is 16.5. The molecule has 0 saturated carbocycles. The third-order valence-electron chi connectivity index (χ3n) is 2.51. The molecule has 0 aliphatic heterocycles. The summed E-state index contributed by atoms with van der Waals surface area (Å²) < 4.78 is 15.6. The van der Waals surface area contributed by atoms with Gasteiger partial charge in [-0.15, -0.1) is 0 Å². The topological polar surface area (TPSA) is 59.8 Å². The lowest BCUT2D eigenvalue weighted by Gasteiger charge is -2.19. The van der Waals surface area contributed by atoms with Gasteiger partial charge >= 0.3 is 0 Å². The average molecular weight is 257 g/mol. The summed E-state index contributed by atoms with van der Waals surface area (Å²) >= 11 is 0. The fourth-order valence-corrected chi connectivity index (χ4v) is 1.61. The highest BCUT2D eigenvalue weighted by Gasteiger charge is 2.12. The predicted molar refractivity (Wildman–Crippen MR) is 69.8 cm³/mol. The lowest BCUT2D eigenvalue weighted by Crippen LogP contribution is -2.29. The number of hydrogen-bond donors (Lipinski definition) is 1. The van der Waals surface area contributed by atoms with Crippen LogP contribution >= 0.6 is 0 Å². The van der Waals surface area contributed by atoms with Crippen LogP contribution in [0.3, 0.4) is 0 Å². The van der Waals surface area contributed by atoms with E-state index in [1.807, 2.05) is 7.05 Å². The van der Waals surface area contributed by atoms with Crippen LogP contribution in [0.4, 0.5) is 6.01 Å². The molecular weight excluding hydrogens is 234 g/mol. The number of ether oxygens (including phenoxy) is 2. The molecule has 0 atom stereocenters. The molecule has 0 bridgehead atoms. The molecule has 18 heavy (non-hydrogen) atoms. The lowest BCUT2D eigenvalue weighted by molar-refractivity contribution is 0.190. The van der Waals surface area contributed by atoms with Gasteiger partial charge in [0.05, 0.1) is 12.3 Å². The Hall–Kier alpha value is -1.11. The highest BCUT2D eigenvalue weighted by Crippen LogP contribution is 2.13. The van der Waals surface area contributed by atoms with Gasteiger partial charge in [0, 0.05) is 40.5 Å². The highest BCUT2D eigenvalue weighted by molar-refractivity contribution is 5.26. The molecule has 0 spiro atoms. The molecule has 6 heteroatoms. The summed E-state index contributed by atoms with van der Waals surface area (Å²) in [7, 11) is 5.28. The zero-order chi connectivity index (χ0) is 13.2. The van der Waals surface area contributed by atoms with E-state index in [0.717, 1.165) is 31.8 Å². The van der Waals surface area contributed by atoms with Gasteiger partial charge in [0.2, 0.25) is 0 Å². The summed E-state index contributed by atoms with van der Waals surface area (Å²) in [4.78, 5) is 6.50. The summed E-state index contributed by atoms with van der Waals surface area (Å²) in [5, 5.41) is 3.05. The molecule has 1 rings (SSSR count). The molecule has 0 radical (unpaired) electrons. The summed E-state index contributed by atoms with van der Waals surface area (Å²) in [6, 6.07) is 0.647. The van der Waals surface area contributed by atoms with Crippen LogP contribution in [0.2, 0.25) is 0 Å². The molecule has 1 aromatic heterocycles. The molecule has 1 aromatic rings. The maximum atomic E-state index is 5.49. The van der Waals surface area contributed by atoms with Crippen molar-refractivity contribution in [1.82, 2.24) is 10.3 Å². The van der Waals surface area contributed by atoms with E-state index in [0.29, 0.717) is 19.2 Å². The monoisotopic (exact) mass is 257 g/mol. The van der Waals surface area contributed by atoms with Gasteiger partial charge in [0.25, 0.3) is 6.01 Å². The lowest BCUT2D eigenvalue weighted by atomic mass is 10.4. The molecule has 0 aromatic carbocycles. The fourth-order valence-electron chi connectivity index (χ4n) is 1.61. The Bertz CT molecular complexity index is 317. The van der Waals surface area contributed by atoms with E-state index in [-0.39, 0.29) is 0 Å². The number of rotatable bonds is 10. The molecule has 104 valence electrons. The molecule has 6 nitrogen and oxygen atoms in total. The van der Waals surface area contributed by atoms with Crippen molar-refractivity contribution in [3.63, 3.8) is 0 Å². The maximum absolute atomic E-state index is 5.49. The Balaban J connectivity index is 2.55. The maximum Gasteiger partial charge on any atom is 0.297 e. The molecular formula is C12H23N3O3. The number of methoxy groups -OCH3 is 2. The smallest absolute Gasteiger partial charge is 0.297 e. The molecule has 0 aliphatic carbocycles. The van der Waals surface area contributed by atoms with Crippen LogP contribution < -0.4 is 10.2 Å². The van der Waals surface area contributed by atoms with Crippen molar-refractivity contribution in [2.45, 2.75) is 13.0 Å². The van der Waals surface area contributed by atoms with Crippen molar-refractivity contribution in [3.8, 4) is 0 Å². The fraction of sp³-hybridized carbons (Fsp3) is 0.750. The van der Waals surface area contributed by atoms with Gasteiger partial charge in [-0.2, -0.15) is 4.98 Å². The van der Waals surface area contributed by atoms with Gasteiger partial charge < -0.3 is 24.1 Å². The third kappa shape index (κ3) is 5.03. The molecule has 1 N–H and O–H groups in total. The quantitative estimate of drug-likeness (QED) is 0.628. The summed E-state index contributed by atoms with van der Waals surface area (Å²) in [6.45, 7) is 3.69. The number of aromatic nitrogens is 1. The van der Waals surface area contributed by atoms with Crippen molar-refractivity contribution in [3.05, 3.63) is 12.0 Å². The zero-order valence-corrected chi connectivity index (χ0v) is 11.4.